The lowest BCUT2D eigenvalue weighted by Gasteiger charge is -2.21. The number of benzene rings is 1. The summed E-state index contributed by atoms with van der Waals surface area (Å²) >= 11 is 3.50. The molecule has 1 aromatic heterocycles. The molecule has 0 fully saturated rings. The van der Waals surface area contributed by atoms with Crippen molar-refractivity contribution in [1.82, 2.24) is 9.97 Å². The Hall–Kier alpha value is -1.42. The van der Waals surface area contributed by atoms with E-state index in [1.54, 1.807) is 0 Å². The number of nitrogens with zero attached hydrogens (tertiary/aromatic N) is 2. The van der Waals surface area contributed by atoms with Crippen molar-refractivity contribution >= 4 is 21.7 Å². The van der Waals surface area contributed by atoms with Crippen LogP contribution < -0.4 is 5.73 Å². The monoisotopic (exact) mass is 333 g/mol. The van der Waals surface area contributed by atoms with E-state index in [4.69, 9.17) is 10.7 Å². The molecule has 0 aliphatic heterocycles. The zero-order valence-electron chi connectivity index (χ0n) is 12.6. The largest absolute Gasteiger partial charge is 0.383 e. The number of hydrogen-bond donors (Lipinski definition) is 1. The minimum Gasteiger partial charge on any atom is -0.383 e. The van der Waals surface area contributed by atoms with Gasteiger partial charge in [0.2, 0.25) is 0 Å². The molecule has 20 heavy (non-hydrogen) atoms. The van der Waals surface area contributed by atoms with Crippen LogP contribution in [0.2, 0.25) is 0 Å². The van der Waals surface area contributed by atoms with Crippen LogP contribution in [0.15, 0.2) is 22.7 Å². The minimum absolute atomic E-state index is 0.0929. The van der Waals surface area contributed by atoms with Gasteiger partial charge in [-0.2, -0.15) is 0 Å². The second-order valence-corrected chi connectivity index (χ2v) is 6.94. The predicted octanol–water partition coefficient (Wildman–Crippen LogP) is 4.40. The van der Waals surface area contributed by atoms with Gasteiger partial charge in [-0.25, -0.2) is 9.97 Å². The van der Waals surface area contributed by atoms with Crippen LogP contribution in [0.3, 0.4) is 0 Å². The Morgan fingerprint density at radius 2 is 1.70 bits per heavy atom. The smallest absolute Gasteiger partial charge is 0.161 e. The van der Waals surface area contributed by atoms with Crippen LogP contribution in [-0.2, 0) is 5.41 Å². The average molecular weight is 334 g/mol. The van der Waals surface area contributed by atoms with Gasteiger partial charge in [-0.1, -0.05) is 32.9 Å². The molecule has 2 aromatic rings. The van der Waals surface area contributed by atoms with E-state index >= 15 is 0 Å². The molecule has 0 atom stereocenters. The highest BCUT2D eigenvalue weighted by atomic mass is 79.9. The standard InChI is InChI=1S/C16H20BrN3/c1-9-6-7-11(8-10(9)2)15-19-13(16(3,4)5)12(17)14(18)20-15/h6-8H,1-5H3,(H2,18,19,20). The number of halogens is 1. The van der Waals surface area contributed by atoms with Gasteiger partial charge in [-0.15, -0.1) is 0 Å². The molecule has 0 bridgehead atoms. The molecule has 1 aromatic carbocycles. The first kappa shape index (κ1) is 15.0. The van der Waals surface area contributed by atoms with Gasteiger partial charge in [0.05, 0.1) is 10.2 Å². The molecule has 2 rings (SSSR count). The van der Waals surface area contributed by atoms with Gasteiger partial charge >= 0.3 is 0 Å². The lowest BCUT2D eigenvalue weighted by atomic mass is 9.91. The summed E-state index contributed by atoms with van der Waals surface area (Å²) in [7, 11) is 0. The average Bonchev–Trinajstić information content (AvgIpc) is 2.34. The van der Waals surface area contributed by atoms with E-state index in [1.165, 1.54) is 11.1 Å². The molecule has 0 aliphatic rings. The second-order valence-electron chi connectivity index (χ2n) is 6.14. The fourth-order valence-electron chi connectivity index (χ4n) is 1.97. The lowest BCUT2D eigenvalue weighted by Crippen LogP contribution is -2.17. The van der Waals surface area contributed by atoms with Gasteiger partial charge in [0.1, 0.15) is 5.82 Å². The number of aromatic nitrogens is 2. The normalized spacial score (nSPS) is 11.7. The van der Waals surface area contributed by atoms with Crippen molar-refractivity contribution in [3.05, 3.63) is 39.5 Å². The molecule has 0 radical (unpaired) electrons. The van der Waals surface area contributed by atoms with Crippen molar-refractivity contribution < 1.29 is 0 Å². The Labute approximate surface area is 128 Å². The highest BCUT2D eigenvalue weighted by Crippen LogP contribution is 2.33. The van der Waals surface area contributed by atoms with E-state index in [9.17, 15) is 0 Å². The topological polar surface area (TPSA) is 51.8 Å². The molecule has 0 spiro atoms. The van der Waals surface area contributed by atoms with Gasteiger partial charge in [0.15, 0.2) is 5.82 Å². The fraction of sp³-hybridized carbons (Fsp3) is 0.375. The first-order valence-corrected chi connectivity index (χ1v) is 7.40. The second kappa shape index (κ2) is 5.17. The van der Waals surface area contributed by atoms with Crippen molar-refractivity contribution in [1.29, 1.82) is 0 Å². The molecule has 0 aliphatic carbocycles. The van der Waals surface area contributed by atoms with Crippen molar-refractivity contribution in [3.63, 3.8) is 0 Å². The number of anilines is 1. The number of nitrogens with two attached hydrogens (primary N) is 1. The van der Waals surface area contributed by atoms with Crippen LogP contribution in [0.25, 0.3) is 11.4 Å². The molecule has 1 heterocycles. The highest BCUT2D eigenvalue weighted by Gasteiger charge is 2.22. The summed E-state index contributed by atoms with van der Waals surface area (Å²) in [6.07, 6.45) is 0. The quantitative estimate of drug-likeness (QED) is 0.841. The molecule has 3 nitrogen and oxygen atoms in total. The van der Waals surface area contributed by atoms with Gasteiger partial charge in [0.25, 0.3) is 0 Å². The zero-order chi connectivity index (χ0) is 15.1. The van der Waals surface area contributed by atoms with Crippen molar-refractivity contribution in [2.24, 2.45) is 0 Å². The Morgan fingerprint density at radius 1 is 1.05 bits per heavy atom. The maximum atomic E-state index is 6.03. The molecular formula is C16H20BrN3. The van der Waals surface area contributed by atoms with E-state index in [0.717, 1.165) is 15.7 Å². The SMILES string of the molecule is Cc1ccc(-c2nc(N)c(Br)c(C(C)(C)C)n2)cc1C. The van der Waals surface area contributed by atoms with E-state index in [2.05, 4.69) is 67.7 Å². The molecule has 0 saturated heterocycles. The van der Waals surface area contributed by atoms with E-state index in [-0.39, 0.29) is 5.41 Å². The molecule has 4 heteroatoms. The molecule has 0 amide bonds. The Bertz CT molecular complexity index is 658. The number of hydrogen-bond acceptors (Lipinski definition) is 3. The van der Waals surface area contributed by atoms with Crippen molar-refractivity contribution in [2.75, 3.05) is 5.73 Å². The first-order chi connectivity index (χ1) is 9.20. The van der Waals surface area contributed by atoms with Crippen LogP contribution in [-0.4, -0.2) is 9.97 Å². The van der Waals surface area contributed by atoms with Crippen LogP contribution in [0, 0.1) is 13.8 Å². The van der Waals surface area contributed by atoms with Crippen LogP contribution in [0.5, 0.6) is 0 Å². The Morgan fingerprint density at radius 3 is 2.25 bits per heavy atom. The maximum Gasteiger partial charge on any atom is 0.161 e. The van der Waals surface area contributed by atoms with E-state index < -0.39 is 0 Å². The Kier molecular flexibility index (Phi) is 3.87. The summed E-state index contributed by atoms with van der Waals surface area (Å²) in [6.45, 7) is 10.5. The fourth-order valence-corrected chi connectivity index (χ4v) is 2.74. The summed E-state index contributed by atoms with van der Waals surface area (Å²) in [5, 5.41) is 0. The van der Waals surface area contributed by atoms with E-state index in [1.807, 2.05) is 6.07 Å². The maximum absolute atomic E-state index is 6.03. The molecule has 0 unspecified atom stereocenters. The van der Waals surface area contributed by atoms with Crippen LogP contribution in [0.4, 0.5) is 5.82 Å². The molecule has 2 N–H and O–H groups in total. The van der Waals surface area contributed by atoms with Gasteiger partial charge in [0, 0.05) is 11.0 Å². The third-order valence-corrected chi connectivity index (χ3v) is 4.13. The highest BCUT2D eigenvalue weighted by molar-refractivity contribution is 9.10. The third kappa shape index (κ3) is 2.85. The number of aryl methyl sites for hydroxylation is 2. The van der Waals surface area contributed by atoms with Gasteiger partial charge in [-0.3, -0.25) is 0 Å². The summed E-state index contributed by atoms with van der Waals surface area (Å²) in [6, 6.07) is 6.23. The summed E-state index contributed by atoms with van der Waals surface area (Å²) in [4.78, 5) is 9.12. The Balaban J connectivity index is 2.63. The van der Waals surface area contributed by atoms with E-state index in [0.29, 0.717) is 11.6 Å². The summed E-state index contributed by atoms with van der Waals surface area (Å²) in [5.74, 6) is 1.16. The first-order valence-electron chi connectivity index (χ1n) is 6.61. The van der Waals surface area contributed by atoms with Gasteiger partial charge < -0.3 is 5.73 Å². The number of rotatable bonds is 1. The number of nitrogen functional groups attached to an aromatic ring is 1. The summed E-state index contributed by atoms with van der Waals surface area (Å²) < 4.78 is 0.789. The predicted molar refractivity (Wildman–Crippen MR) is 87.8 cm³/mol. The summed E-state index contributed by atoms with van der Waals surface area (Å²) in [5.41, 5.74) is 10.3. The van der Waals surface area contributed by atoms with Gasteiger partial charge in [-0.05, 0) is 47.0 Å². The molecular weight excluding hydrogens is 314 g/mol. The minimum atomic E-state index is -0.0929. The lowest BCUT2D eigenvalue weighted by molar-refractivity contribution is 0.565. The van der Waals surface area contributed by atoms with Crippen molar-refractivity contribution in [3.8, 4) is 11.4 Å². The van der Waals surface area contributed by atoms with Crippen LogP contribution in [0.1, 0.15) is 37.6 Å². The zero-order valence-corrected chi connectivity index (χ0v) is 14.2. The third-order valence-electron chi connectivity index (χ3n) is 3.35. The van der Waals surface area contributed by atoms with Crippen LogP contribution >= 0.6 is 15.9 Å². The molecule has 0 saturated carbocycles. The molecule has 106 valence electrons. The van der Waals surface area contributed by atoms with Crippen molar-refractivity contribution in [2.45, 2.75) is 40.0 Å².